The Morgan fingerprint density at radius 3 is 2.65 bits per heavy atom. The average molecular weight is 323 g/mol. The van der Waals surface area contributed by atoms with Crippen molar-refractivity contribution in [3.63, 3.8) is 0 Å². The second-order valence-electron chi connectivity index (χ2n) is 6.00. The molecule has 0 unspecified atom stereocenters. The smallest absolute Gasteiger partial charge is 0.325 e. The number of fused-ring (bicyclic) bond motifs is 1. The van der Waals surface area contributed by atoms with Crippen molar-refractivity contribution in [3.8, 4) is 0 Å². The topological polar surface area (TPSA) is 68.0 Å². The first-order valence-electron chi connectivity index (χ1n) is 7.32. The third-order valence-corrected chi connectivity index (χ3v) is 4.21. The second kappa shape index (κ2) is 5.49. The number of alkyl halides is 3. The van der Waals surface area contributed by atoms with Crippen molar-refractivity contribution in [2.75, 3.05) is 5.32 Å². The van der Waals surface area contributed by atoms with E-state index in [-0.39, 0.29) is 28.9 Å². The number of carbonyl (C=O) groups is 1. The summed E-state index contributed by atoms with van der Waals surface area (Å²) in [6.07, 6.45) is -0.360. The van der Waals surface area contributed by atoms with Gasteiger partial charge >= 0.3 is 6.18 Å². The van der Waals surface area contributed by atoms with Crippen LogP contribution in [0.15, 0.2) is 30.5 Å². The van der Waals surface area contributed by atoms with E-state index in [1.165, 1.54) is 24.4 Å². The van der Waals surface area contributed by atoms with Crippen LogP contribution in [0.1, 0.15) is 31.2 Å². The van der Waals surface area contributed by atoms with Crippen LogP contribution in [0.4, 0.5) is 18.9 Å². The maximum Gasteiger partial charge on any atom is 0.417 e. The third kappa shape index (κ3) is 3.14. The third-order valence-electron chi connectivity index (χ3n) is 4.21. The Balaban J connectivity index is 1.91. The van der Waals surface area contributed by atoms with Crippen molar-refractivity contribution in [3.05, 3.63) is 36.0 Å². The Hall–Kier alpha value is -2.15. The molecule has 1 aromatic carbocycles. The largest absolute Gasteiger partial charge is 0.417 e. The number of nitrogens with zero attached hydrogens (tertiary/aromatic N) is 1. The van der Waals surface area contributed by atoms with Gasteiger partial charge in [-0.25, -0.2) is 0 Å². The van der Waals surface area contributed by atoms with Crippen LogP contribution in [0.5, 0.6) is 0 Å². The molecular weight excluding hydrogens is 307 g/mol. The van der Waals surface area contributed by atoms with Gasteiger partial charge in [0.2, 0.25) is 5.91 Å². The molecule has 0 radical (unpaired) electrons. The molecule has 1 heterocycles. The fourth-order valence-electron chi connectivity index (χ4n) is 2.84. The van der Waals surface area contributed by atoms with Crippen LogP contribution in [0, 0.1) is 0 Å². The van der Waals surface area contributed by atoms with Gasteiger partial charge in [-0.1, -0.05) is 6.07 Å². The summed E-state index contributed by atoms with van der Waals surface area (Å²) in [6.45, 7) is 0. The summed E-state index contributed by atoms with van der Waals surface area (Å²) >= 11 is 0. The Labute approximate surface area is 130 Å². The van der Waals surface area contributed by atoms with E-state index >= 15 is 0 Å². The van der Waals surface area contributed by atoms with Gasteiger partial charge in [-0.2, -0.15) is 13.2 Å². The van der Waals surface area contributed by atoms with Crippen LogP contribution in [-0.2, 0) is 11.0 Å². The first-order chi connectivity index (χ1) is 10.8. The van der Waals surface area contributed by atoms with Crippen molar-refractivity contribution in [2.45, 2.75) is 37.4 Å². The molecule has 1 fully saturated rings. The number of hydrogen-bond acceptors (Lipinski definition) is 3. The number of nitrogens with two attached hydrogens (primary N) is 1. The Morgan fingerprint density at radius 2 is 2.04 bits per heavy atom. The van der Waals surface area contributed by atoms with Crippen LogP contribution < -0.4 is 11.1 Å². The van der Waals surface area contributed by atoms with Crippen LogP contribution in [0.25, 0.3) is 10.9 Å². The molecule has 122 valence electrons. The van der Waals surface area contributed by atoms with Gasteiger partial charge < -0.3 is 11.1 Å². The van der Waals surface area contributed by atoms with Crippen molar-refractivity contribution < 1.29 is 18.0 Å². The summed E-state index contributed by atoms with van der Waals surface area (Å²) in [5.41, 5.74) is 5.15. The zero-order valence-electron chi connectivity index (χ0n) is 12.3. The number of pyridine rings is 1. The number of benzene rings is 1. The standard InChI is InChI=1S/C16H16F3N3O/c17-16(18,19)11-4-5-12(14-10(11)3-1-8-21-14)22-13(23)9-15(20)6-2-7-15/h1,3-5,8H,2,6-7,9,20H2,(H,22,23). The molecular formula is C16H16F3N3O. The second-order valence-corrected chi connectivity index (χ2v) is 6.00. The van der Waals surface area contributed by atoms with E-state index in [9.17, 15) is 18.0 Å². The maximum atomic E-state index is 13.1. The van der Waals surface area contributed by atoms with E-state index in [1.807, 2.05) is 0 Å². The fourth-order valence-corrected chi connectivity index (χ4v) is 2.84. The number of carbonyl (C=O) groups excluding carboxylic acids is 1. The van der Waals surface area contributed by atoms with Crippen molar-refractivity contribution in [1.29, 1.82) is 0 Å². The van der Waals surface area contributed by atoms with Crippen molar-refractivity contribution >= 4 is 22.5 Å². The number of halogens is 3. The molecule has 4 nitrogen and oxygen atoms in total. The molecule has 3 rings (SSSR count). The normalized spacial score (nSPS) is 16.9. The highest BCUT2D eigenvalue weighted by atomic mass is 19.4. The molecule has 2 aromatic rings. The van der Waals surface area contributed by atoms with E-state index < -0.39 is 17.3 Å². The molecule has 1 aromatic heterocycles. The Kier molecular flexibility index (Phi) is 3.75. The van der Waals surface area contributed by atoms with Crippen LogP contribution in [0.3, 0.4) is 0 Å². The number of nitrogens with one attached hydrogen (secondary N) is 1. The van der Waals surface area contributed by atoms with Gasteiger partial charge in [0.05, 0.1) is 16.8 Å². The highest BCUT2D eigenvalue weighted by Gasteiger charge is 2.35. The van der Waals surface area contributed by atoms with Gasteiger partial charge in [0.1, 0.15) is 0 Å². The summed E-state index contributed by atoms with van der Waals surface area (Å²) in [7, 11) is 0. The zero-order chi connectivity index (χ0) is 16.7. The minimum absolute atomic E-state index is 0.0381. The summed E-state index contributed by atoms with van der Waals surface area (Å²) < 4.78 is 39.2. The minimum Gasteiger partial charge on any atom is -0.325 e. The van der Waals surface area contributed by atoms with E-state index in [0.29, 0.717) is 0 Å². The maximum absolute atomic E-state index is 13.1. The molecule has 0 bridgehead atoms. The summed E-state index contributed by atoms with van der Waals surface area (Å²) in [5, 5.41) is 2.60. The van der Waals surface area contributed by atoms with Crippen LogP contribution >= 0.6 is 0 Å². The SMILES string of the molecule is NC1(CC(=O)Nc2ccc(C(F)(F)F)c3cccnc23)CCC1. The monoisotopic (exact) mass is 323 g/mol. The summed E-state index contributed by atoms with van der Waals surface area (Å²) in [4.78, 5) is 16.1. The number of anilines is 1. The molecule has 7 heteroatoms. The van der Waals surface area contributed by atoms with Crippen LogP contribution in [0.2, 0.25) is 0 Å². The van der Waals surface area contributed by atoms with E-state index in [0.717, 1.165) is 25.3 Å². The number of rotatable bonds is 3. The zero-order valence-corrected chi connectivity index (χ0v) is 12.3. The summed E-state index contributed by atoms with van der Waals surface area (Å²) in [5.74, 6) is -0.307. The fraction of sp³-hybridized carbons (Fsp3) is 0.375. The van der Waals surface area contributed by atoms with Gasteiger partial charge in [0.25, 0.3) is 0 Å². The number of hydrogen-bond donors (Lipinski definition) is 2. The molecule has 1 aliphatic carbocycles. The lowest BCUT2D eigenvalue weighted by Gasteiger charge is -2.37. The molecule has 0 aliphatic heterocycles. The molecule has 1 aliphatic rings. The molecule has 0 spiro atoms. The Bertz CT molecular complexity index is 754. The molecule has 23 heavy (non-hydrogen) atoms. The quantitative estimate of drug-likeness (QED) is 0.909. The van der Waals surface area contributed by atoms with E-state index in [1.54, 1.807) is 0 Å². The average Bonchev–Trinajstić information content (AvgIpc) is 2.44. The van der Waals surface area contributed by atoms with Gasteiger partial charge in [-0.15, -0.1) is 0 Å². The molecule has 0 atom stereocenters. The lowest BCUT2D eigenvalue weighted by atomic mass is 9.75. The van der Waals surface area contributed by atoms with Gasteiger partial charge in [0.15, 0.2) is 0 Å². The minimum atomic E-state index is -4.48. The number of amides is 1. The molecule has 1 amide bonds. The van der Waals surface area contributed by atoms with Crippen molar-refractivity contribution in [1.82, 2.24) is 4.98 Å². The molecule has 0 saturated heterocycles. The predicted molar refractivity (Wildman–Crippen MR) is 80.8 cm³/mol. The highest BCUT2D eigenvalue weighted by Crippen LogP contribution is 2.37. The van der Waals surface area contributed by atoms with E-state index in [4.69, 9.17) is 5.73 Å². The van der Waals surface area contributed by atoms with Crippen molar-refractivity contribution in [2.24, 2.45) is 5.73 Å². The van der Waals surface area contributed by atoms with Gasteiger partial charge in [0, 0.05) is 23.5 Å². The van der Waals surface area contributed by atoms with E-state index in [2.05, 4.69) is 10.3 Å². The molecule has 3 N–H and O–H groups in total. The van der Waals surface area contributed by atoms with Crippen LogP contribution in [-0.4, -0.2) is 16.4 Å². The summed E-state index contributed by atoms with van der Waals surface area (Å²) in [6, 6.07) is 4.98. The Morgan fingerprint density at radius 1 is 1.30 bits per heavy atom. The number of aromatic nitrogens is 1. The predicted octanol–water partition coefficient (Wildman–Crippen LogP) is 3.46. The van der Waals surface area contributed by atoms with Gasteiger partial charge in [-0.05, 0) is 37.5 Å². The first-order valence-corrected chi connectivity index (χ1v) is 7.32. The lowest BCUT2D eigenvalue weighted by Crippen LogP contribution is -2.48. The highest BCUT2D eigenvalue weighted by molar-refractivity contribution is 6.01. The van der Waals surface area contributed by atoms with Gasteiger partial charge in [-0.3, -0.25) is 9.78 Å². The lowest BCUT2D eigenvalue weighted by molar-refractivity contribution is -0.136. The first kappa shape index (κ1) is 15.7. The molecule has 1 saturated carbocycles.